The Balaban J connectivity index is 1.50. The Kier molecular flexibility index (Phi) is 4.80. The number of hydrogen-bond donors (Lipinski definition) is 0. The maximum absolute atomic E-state index is 12.3. The van der Waals surface area contributed by atoms with Crippen LogP contribution in [0.3, 0.4) is 0 Å². The van der Waals surface area contributed by atoms with E-state index >= 15 is 0 Å². The van der Waals surface area contributed by atoms with Crippen LogP contribution in [-0.4, -0.2) is 53.9 Å². The van der Waals surface area contributed by atoms with Crippen molar-refractivity contribution in [3.8, 4) is 5.75 Å². The molecule has 1 aliphatic heterocycles. The second kappa shape index (κ2) is 7.17. The number of rotatable bonds is 5. The second-order valence-corrected chi connectivity index (χ2v) is 5.59. The van der Waals surface area contributed by atoms with E-state index in [9.17, 15) is 4.79 Å². The second-order valence-electron chi connectivity index (χ2n) is 5.59. The minimum Gasteiger partial charge on any atom is -0.497 e. The Morgan fingerprint density at radius 3 is 2.74 bits per heavy atom. The number of piperazine rings is 1. The van der Waals surface area contributed by atoms with Crippen molar-refractivity contribution in [1.29, 1.82) is 0 Å². The Labute approximate surface area is 136 Å². The fourth-order valence-corrected chi connectivity index (χ4v) is 2.82. The number of carbonyl (C=O) groups is 1. The van der Waals surface area contributed by atoms with Crippen LogP contribution in [0.15, 0.2) is 42.7 Å². The molecule has 0 N–H and O–H groups in total. The highest BCUT2D eigenvalue weighted by Crippen LogP contribution is 2.22. The number of carbonyl (C=O) groups excluding carboxylic acids is 1. The lowest BCUT2D eigenvalue weighted by Crippen LogP contribution is -2.49. The smallest absolute Gasteiger partial charge is 0.224 e. The quantitative estimate of drug-likeness (QED) is 0.842. The van der Waals surface area contributed by atoms with Crippen molar-refractivity contribution < 1.29 is 9.53 Å². The van der Waals surface area contributed by atoms with E-state index in [4.69, 9.17) is 4.74 Å². The number of aryl methyl sites for hydroxylation is 1. The van der Waals surface area contributed by atoms with Gasteiger partial charge in [-0.25, -0.2) is 0 Å². The largest absolute Gasteiger partial charge is 0.497 e. The molecule has 6 nitrogen and oxygen atoms in total. The molecule has 0 radical (unpaired) electrons. The van der Waals surface area contributed by atoms with Crippen molar-refractivity contribution in [1.82, 2.24) is 14.7 Å². The van der Waals surface area contributed by atoms with Gasteiger partial charge >= 0.3 is 0 Å². The van der Waals surface area contributed by atoms with Crippen LogP contribution in [0.25, 0.3) is 0 Å². The van der Waals surface area contributed by atoms with E-state index in [1.165, 1.54) is 0 Å². The number of nitrogens with zero attached hydrogens (tertiary/aromatic N) is 4. The highest BCUT2D eigenvalue weighted by atomic mass is 16.5. The summed E-state index contributed by atoms with van der Waals surface area (Å²) in [5.41, 5.74) is 1.15. The third kappa shape index (κ3) is 3.83. The molecule has 0 bridgehead atoms. The van der Waals surface area contributed by atoms with Gasteiger partial charge in [0.1, 0.15) is 5.75 Å². The summed E-state index contributed by atoms with van der Waals surface area (Å²) in [5.74, 6) is 1.06. The van der Waals surface area contributed by atoms with Gasteiger partial charge in [0.15, 0.2) is 0 Å². The average Bonchev–Trinajstić information content (AvgIpc) is 3.13. The summed E-state index contributed by atoms with van der Waals surface area (Å²) in [6.07, 6.45) is 4.12. The van der Waals surface area contributed by atoms with Crippen molar-refractivity contribution in [2.24, 2.45) is 0 Å². The number of benzene rings is 1. The van der Waals surface area contributed by atoms with E-state index in [-0.39, 0.29) is 5.91 Å². The Morgan fingerprint density at radius 1 is 1.22 bits per heavy atom. The molecule has 1 amide bonds. The van der Waals surface area contributed by atoms with Gasteiger partial charge in [-0.15, -0.1) is 0 Å². The van der Waals surface area contributed by atoms with Gasteiger partial charge in [0.25, 0.3) is 0 Å². The molecule has 0 atom stereocenters. The molecular formula is C17H22N4O2. The molecule has 0 spiro atoms. The number of aromatic nitrogens is 2. The molecule has 0 saturated carbocycles. The summed E-state index contributed by atoms with van der Waals surface area (Å²) < 4.78 is 7.07. The van der Waals surface area contributed by atoms with E-state index in [0.29, 0.717) is 13.0 Å². The van der Waals surface area contributed by atoms with Crippen LogP contribution >= 0.6 is 0 Å². The third-order valence-corrected chi connectivity index (χ3v) is 4.16. The van der Waals surface area contributed by atoms with Crippen molar-refractivity contribution in [3.63, 3.8) is 0 Å². The SMILES string of the molecule is COc1cccc(N2CCN(C(=O)CCn3cccn3)CC2)c1. The highest BCUT2D eigenvalue weighted by molar-refractivity contribution is 5.76. The molecule has 2 heterocycles. The molecular weight excluding hydrogens is 292 g/mol. The zero-order valence-corrected chi connectivity index (χ0v) is 13.4. The lowest BCUT2D eigenvalue weighted by molar-refractivity contribution is -0.131. The minimum absolute atomic E-state index is 0.200. The normalized spacial score (nSPS) is 14.8. The predicted molar refractivity (Wildman–Crippen MR) is 88.6 cm³/mol. The molecule has 1 aromatic carbocycles. The van der Waals surface area contributed by atoms with Gasteiger partial charge in [0, 0.05) is 63.3 Å². The van der Waals surface area contributed by atoms with Gasteiger partial charge in [-0.1, -0.05) is 6.07 Å². The summed E-state index contributed by atoms with van der Waals surface area (Å²) in [7, 11) is 1.68. The first-order valence-electron chi connectivity index (χ1n) is 7.90. The molecule has 1 aromatic heterocycles. The number of ether oxygens (including phenoxy) is 1. The predicted octanol–water partition coefficient (Wildman–Crippen LogP) is 1.63. The zero-order valence-electron chi connectivity index (χ0n) is 13.4. The summed E-state index contributed by atoms with van der Waals surface area (Å²) >= 11 is 0. The monoisotopic (exact) mass is 314 g/mol. The summed E-state index contributed by atoms with van der Waals surface area (Å²) in [6.45, 7) is 3.85. The molecule has 0 aliphatic carbocycles. The van der Waals surface area contributed by atoms with E-state index in [1.54, 1.807) is 18.0 Å². The van der Waals surface area contributed by atoms with E-state index in [0.717, 1.165) is 37.6 Å². The molecule has 1 aliphatic rings. The van der Waals surface area contributed by atoms with Gasteiger partial charge in [-0.3, -0.25) is 9.48 Å². The molecule has 23 heavy (non-hydrogen) atoms. The summed E-state index contributed by atoms with van der Waals surface area (Å²) in [6, 6.07) is 9.93. The molecule has 1 fully saturated rings. The number of anilines is 1. The maximum Gasteiger partial charge on any atom is 0.224 e. The number of methoxy groups -OCH3 is 1. The first-order chi connectivity index (χ1) is 11.3. The van der Waals surface area contributed by atoms with Crippen LogP contribution in [0.4, 0.5) is 5.69 Å². The number of amides is 1. The van der Waals surface area contributed by atoms with Crippen LogP contribution in [0.1, 0.15) is 6.42 Å². The fourth-order valence-electron chi connectivity index (χ4n) is 2.82. The zero-order chi connectivity index (χ0) is 16.1. The maximum atomic E-state index is 12.3. The standard InChI is InChI=1S/C17H22N4O2/c1-23-16-5-2-4-15(14-16)19-10-12-20(13-11-19)17(22)6-9-21-8-3-7-18-21/h2-5,7-8,14H,6,9-13H2,1H3. The molecule has 1 saturated heterocycles. The van der Waals surface area contributed by atoms with Gasteiger partial charge in [-0.05, 0) is 18.2 Å². The Morgan fingerprint density at radius 2 is 2.04 bits per heavy atom. The van der Waals surface area contributed by atoms with Crippen LogP contribution in [0, 0.1) is 0 Å². The van der Waals surface area contributed by atoms with Crippen molar-refractivity contribution >= 4 is 11.6 Å². The highest BCUT2D eigenvalue weighted by Gasteiger charge is 2.21. The van der Waals surface area contributed by atoms with Crippen molar-refractivity contribution in [3.05, 3.63) is 42.7 Å². The van der Waals surface area contributed by atoms with Crippen LogP contribution in [0.5, 0.6) is 5.75 Å². The molecule has 6 heteroatoms. The Hall–Kier alpha value is -2.50. The van der Waals surface area contributed by atoms with Gasteiger partial charge in [0.2, 0.25) is 5.91 Å². The van der Waals surface area contributed by atoms with Crippen molar-refractivity contribution in [2.45, 2.75) is 13.0 Å². The van der Waals surface area contributed by atoms with Gasteiger partial charge in [0.05, 0.1) is 7.11 Å². The lowest BCUT2D eigenvalue weighted by atomic mass is 10.2. The Bertz CT molecular complexity index is 634. The van der Waals surface area contributed by atoms with Crippen LogP contribution in [0.2, 0.25) is 0 Å². The van der Waals surface area contributed by atoms with Gasteiger partial charge < -0.3 is 14.5 Å². The van der Waals surface area contributed by atoms with E-state index in [1.807, 2.05) is 35.4 Å². The molecule has 2 aromatic rings. The van der Waals surface area contributed by atoms with E-state index < -0.39 is 0 Å². The van der Waals surface area contributed by atoms with Crippen LogP contribution < -0.4 is 9.64 Å². The van der Waals surface area contributed by atoms with Crippen molar-refractivity contribution in [2.75, 3.05) is 38.2 Å². The minimum atomic E-state index is 0.200. The summed E-state index contributed by atoms with van der Waals surface area (Å²) in [4.78, 5) is 16.5. The van der Waals surface area contributed by atoms with E-state index in [2.05, 4.69) is 16.1 Å². The summed E-state index contributed by atoms with van der Waals surface area (Å²) in [5, 5.41) is 4.13. The average molecular weight is 314 g/mol. The molecule has 122 valence electrons. The lowest BCUT2D eigenvalue weighted by Gasteiger charge is -2.36. The topological polar surface area (TPSA) is 50.6 Å². The molecule has 0 unspecified atom stereocenters. The number of hydrogen-bond acceptors (Lipinski definition) is 4. The van der Waals surface area contributed by atoms with Gasteiger partial charge in [-0.2, -0.15) is 5.10 Å². The van der Waals surface area contributed by atoms with Crippen LogP contribution in [-0.2, 0) is 11.3 Å². The third-order valence-electron chi connectivity index (χ3n) is 4.16. The molecule has 3 rings (SSSR count). The fraction of sp³-hybridized carbons (Fsp3) is 0.412. The first kappa shape index (κ1) is 15.4. The first-order valence-corrected chi connectivity index (χ1v) is 7.90.